The molecule has 12 nitrogen and oxygen atoms in total. The lowest BCUT2D eigenvalue weighted by Gasteiger charge is -2.70. The fourth-order valence-electron chi connectivity index (χ4n) is 12.1. The van der Waals surface area contributed by atoms with Crippen LogP contribution in [0.4, 0.5) is 5.69 Å². The number of carbonyl (C=O) groups excluding carboxylic acids is 1. The standard InChI is InChI=1S/C35H45N3O9S/c1-5-38-19-32(47-31(39)20-10-6-7-11-23(20)37-48(42,43)28-12-8-9-15-36-28)14-13-27(45-3)34-25(32)17-22(29(34)38)33(40)18-24(44-2)21-16-26(34)35(33,41)30(21)46-4/h6-12,15,21-22,24-27,29-30,37,40-41H,5,13-14,16-19H2,1-4H3/t21-,22+,24+,25-,26+,27+,29?,30+,32-,33+,34+,35+/m1/s1. The predicted octanol–water partition coefficient (Wildman–Crippen LogP) is 2.46. The lowest BCUT2D eigenvalue weighted by molar-refractivity contribution is -0.337. The van der Waals surface area contributed by atoms with E-state index in [4.69, 9.17) is 18.9 Å². The van der Waals surface area contributed by atoms with Gasteiger partial charge >= 0.3 is 5.97 Å². The Balaban J connectivity index is 1.22. The first-order valence-corrected chi connectivity index (χ1v) is 18.5. The summed E-state index contributed by atoms with van der Waals surface area (Å²) in [6.07, 6.45) is 2.84. The molecule has 5 aliphatic carbocycles. The zero-order valence-electron chi connectivity index (χ0n) is 27.7. The molecule has 1 spiro atoms. The summed E-state index contributed by atoms with van der Waals surface area (Å²) in [7, 11) is 0.907. The molecule has 1 aliphatic heterocycles. The molecule has 2 aromatic rings. The molecule has 13 heteroatoms. The van der Waals surface area contributed by atoms with Gasteiger partial charge in [0.1, 0.15) is 16.8 Å². The molecule has 260 valence electrons. The number of carbonyl (C=O) groups is 1. The summed E-state index contributed by atoms with van der Waals surface area (Å²) in [5.74, 6) is -1.70. The molecule has 3 N–H and O–H groups in total. The molecular formula is C35H45N3O9S. The van der Waals surface area contributed by atoms with Crippen LogP contribution in [0.5, 0.6) is 0 Å². The van der Waals surface area contributed by atoms with Gasteiger partial charge in [0.25, 0.3) is 10.0 Å². The normalized spacial score (nSPS) is 44.0. The van der Waals surface area contributed by atoms with Crippen LogP contribution in [-0.4, -0.2) is 110 Å². The lowest BCUT2D eigenvalue weighted by Crippen LogP contribution is -2.83. The number of hydrogen-bond acceptors (Lipinski definition) is 11. The second kappa shape index (κ2) is 10.9. The summed E-state index contributed by atoms with van der Waals surface area (Å²) in [4.78, 5) is 20.7. The van der Waals surface area contributed by atoms with Gasteiger partial charge in [0.15, 0.2) is 5.03 Å². The molecule has 5 saturated carbocycles. The van der Waals surface area contributed by atoms with Crippen molar-refractivity contribution in [3.05, 3.63) is 54.2 Å². The number of benzene rings is 1. The number of hydrogen-bond donors (Lipinski definition) is 3. The number of methoxy groups -OCH3 is 3. The number of anilines is 1. The van der Waals surface area contributed by atoms with Crippen molar-refractivity contribution in [1.82, 2.24) is 9.88 Å². The summed E-state index contributed by atoms with van der Waals surface area (Å²) in [6, 6.07) is 10.9. The Morgan fingerprint density at radius 1 is 1.04 bits per heavy atom. The molecule has 8 rings (SSSR count). The summed E-state index contributed by atoms with van der Waals surface area (Å²) >= 11 is 0. The van der Waals surface area contributed by atoms with Gasteiger partial charge in [-0.05, 0) is 56.5 Å². The second-order valence-corrected chi connectivity index (χ2v) is 16.4. The molecule has 6 aliphatic rings. The number of pyridine rings is 1. The van der Waals surface area contributed by atoms with Gasteiger partial charge in [-0.15, -0.1) is 0 Å². The van der Waals surface area contributed by atoms with Crippen LogP contribution in [0.3, 0.4) is 0 Å². The van der Waals surface area contributed by atoms with E-state index < -0.39 is 50.2 Å². The Morgan fingerprint density at radius 3 is 2.50 bits per heavy atom. The van der Waals surface area contributed by atoms with E-state index in [2.05, 4.69) is 21.5 Å². The molecule has 0 amide bonds. The van der Waals surface area contributed by atoms with Crippen molar-refractivity contribution in [2.75, 3.05) is 39.1 Å². The van der Waals surface area contributed by atoms with E-state index >= 15 is 0 Å². The minimum atomic E-state index is -4.08. The fourth-order valence-corrected chi connectivity index (χ4v) is 13.1. The summed E-state index contributed by atoms with van der Waals surface area (Å²) in [6.45, 7) is 3.20. The average molecular weight is 684 g/mol. The third kappa shape index (κ3) is 3.89. The average Bonchev–Trinajstić information content (AvgIpc) is 3.51. The molecular weight excluding hydrogens is 638 g/mol. The number of likely N-dealkylation sites (N-methyl/N-ethyl adjacent to an activating group) is 1. The third-order valence-electron chi connectivity index (χ3n) is 13.5. The number of aromatic nitrogens is 1. The molecule has 1 aromatic heterocycles. The number of likely N-dealkylation sites (tertiary alicyclic amines) is 1. The lowest BCUT2D eigenvalue weighted by atomic mass is 9.44. The van der Waals surface area contributed by atoms with Gasteiger partial charge in [-0.25, -0.2) is 9.78 Å². The van der Waals surface area contributed by atoms with Crippen LogP contribution in [-0.2, 0) is 29.0 Å². The maximum Gasteiger partial charge on any atom is 0.340 e. The van der Waals surface area contributed by atoms with Gasteiger partial charge in [0.05, 0.1) is 29.6 Å². The van der Waals surface area contributed by atoms with Crippen molar-refractivity contribution in [3.8, 4) is 0 Å². The Hall–Kier alpha value is -2.65. The largest absolute Gasteiger partial charge is 0.454 e. The Labute approximate surface area is 281 Å². The summed E-state index contributed by atoms with van der Waals surface area (Å²) in [5, 5.41) is 25.7. The number of ether oxygens (including phenoxy) is 4. The van der Waals surface area contributed by atoms with E-state index in [0.29, 0.717) is 45.2 Å². The highest BCUT2D eigenvalue weighted by molar-refractivity contribution is 7.92. The number of para-hydroxylation sites is 1. The van der Waals surface area contributed by atoms with Crippen molar-refractivity contribution in [1.29, 1.82) is 0 Å². The van der Waals surface area contributed by atoms with E-state index in [1.165, 1.54) is 18.3 Å². The number of piperidine rings is 1. The molecule has 12 atom stereocenters. The van der Waals surface area contributed by atoms with E-state index in [1.54, 1.807) is 51.7 Å². The van der Waals surface area contributed by atoms with Crippen LogP contribution in [0, 0.1) is 29.1 Å². The Kier molecular flexibility index (Phi) is 7.41. The van der Waals surface area contributed by atoms with Crippen LogP contribution >= 0.6 is 0 Å². The van der Waals surface area contributed by atoms with E-state index in [9.17, 15) is 23.4 Å². The van der Waals surface area contributed by atoms with Crippen LogP contribution in [0.15, 0.2) is 53.7 Å². The maximum atomic E-state index is 14.4. The zero-order valence-corrected chi connectivity index (χ0v) is 28.6. The van der Waals surface area contributed by atoms with Crippen LogP contribution in [0.25, 0.3) is 0 Å². The SMILES string of the molecule is CCN1C[C@]2(OC(=O)c3ccccc3NS(=O)(=O)c3ccccn3)CC[C@H](OC)[C@]34C1[C@H](C[C@H]23)[C@@]1(O)C[C@H](OC)[C@H]2C[C@@H]4[C@]1(O)[C@H]2OC. The number of nitrogens with zero attached hydrogens (tertiary/aromatic N) is 2. The molecule has 6 fully saturated rings. The van der Waals surface area contributed by atoms with Gasteiger partial charge < -0.3 is 29.2 Å². The van der Waals surface area contributed by atoms with Gasteiger partial charge in [-0.2, -0.15) is 8.42 Å². The fraction of sp³-hybridized carbons (Fsp3) is 0.657. The van der Waals surface area contributed by atoms with Gasteiger partial charge in [-0.1, -0.05) is 25.1 Å². The highest BCUT2D eigenvalue weighted by atomic mass is 32.2. The van der Waals surface area contributed by atoms with E-state index in [1.807, 2.05) is 0 Å². The predicted molar refractivity (Wildman–Crippen MR) is 172 cm³/mol. The number of esters is 1. The monoisotopic (exact) mass is 683 g/mol. The summed E-state index contributed by atoms with van der Waals surface area (Å²) in [5.41, 5.74) is -4.43. The second-order valence-electron chi connectivity index (χ2n) is 14.8. The summed E-state index contributed by atoms with van der Waals surface area (Å²) < 4.78 is 54.1. The molecule has 48 heavy (non-hydrogen) atoms. The van der Waals surface area contributed by atoms with Gasteiger partial charge in [-0.3, -0.25) is 9.62 Å². The van der Waals surface area contributed by atoms with E-state index in [-0.39, 0.29) is 52.3 Å². The topological polar surface area (TPSA) is 157 Å². The van der Waals surface area contributed by atoms with Crippen molar-refractivity contribution in [2.24, 2.45) is 29.1 Å². The highest BCUT2D eigenvalue weighted by Crippen LogP contribution is 2.79. The number of fused-ring (bicyclic) bond motifs is 2. The first-order chi connectivity index (χ1) is 23.0. The maximum absolute atomic E-state index is 14.4. The van der Waals surface area contributed by atoms with Crippen molar-refractivity contribution in [2.45, 2.75) is 85.2 Å². The number of nitrogens with one attached hydrogen (secondary N) is 1. The molecule has 1 unspecified atom stereocenters. The number of rotatable bonds is 9. The van der Waals surface area contributed by atoms with Crippen molar-refractivity contribution < 1.29 is 42.4 Å². The van der Waals surface area contributed by atoms with Crippen molar-refractivity contribution in [3.63, 3.8) is 0 Å². The highest BCUT2D eigenvalue weighted by Gasteiger charge is 2.89. The minimum absolute atomic E-state index is 0.0953. The van der Waals surface area contributed by atoms with E-state index in [0.717, 1.165) is 0 Å². The number of sulfonamides is 1. The molecule has 0 radical (unpaired) electrons. The third-order valence-corrected chi connectivity index (χ3v) is 14.8. The van der Waals surface area contributed by atoms with Crippen molar-refractivity contribution >= 4 is 21.7 Å². The van der Waals surface area contributed by atoms with Gasteiger partial charge in [0.2, 0.25) is 0 Å². The Bertz CT molecular complexity index is 1710. The molecule has 1 saturated heterocycles. The van der Waals surface area contributed by atoms with Crippen LogP contribution < -0.4 is 4.72 Å². The minimum Gasteiger partial charge on any atom is -0.454 e. The smallest absolute Gasteiger partial charge is 0.340 e. The van der Waals surface area contributed by atoms with Crippen LogP contribution in [0.1, 0.15) is 49.4 Å². The number of aliphatic hydroxyl groups is 2. The quantitative estimate of drug-likeness (QED) is 0.334. The molecule has 2 heterocycles. The van der Waals surface area contributed by atoms with Gasteiger partial charge in [0, 0.05) is 75.6 Å². The first-order valence-electron chi connectivity index (χ1n) is 17.0. The molecule has 7 bridgehead atoms. The van der Waals surface area contributed by atoms with Crippen LogP contribution in [0.2, 0.25) is 0 Å². The zero-order chi connectivity index (χ0) is 33.9. The molecule has 1 aromatic carbocycles. The first kappa shape index (κ1) is 32.5. The Morgan fingerprint density at radius 2 is 1.81 bits per heavy atom.